The van der Waals surface area contributed by atoms with Gasteiger partial charge in [-0.2, -0.15) is 0 Å². The number of aryl methyl sites for hydroxylation is 1. The first-order valence-corrected chi connectivity index (χ1v) is 11.6. The Bertz CT molecular complexity index is 1000. The molecule has 0 aromatic heterocycles. The van der Waals surface area contributed by atoms with Crippen molar-refractivity contribution < 1.29 is 23.8 Å². The lowest BCUT2D eigenvalue weighted by Gasteiger charge is -2.32. The van der Waals surface area contributed by atoms with Crippen LogP contribution in [0.15, 0.2) is 30.3 Å². The van der Waals surface area contributed by atoms with Crippen molar-refractivity contribution in [2.45, 2.75) is 70.7 Å². The number of anilines is 1. The van der Waals surface area contributed by atoms with E-state index in [1.54, 1.807) is 13.8 Å². The van der Waals surface area contributed by atoms with Crippen LogP contribution in [0.4, 0.5) is 14.5 Å². The fourth-order valence-corrected chi connectivity index (χ4v) is 4.65. The zero-order valence-electron chi connectivity index (χ0n) is 20.2. The molecule has 0 aliphatic carbocycles. The number of hydrogen-bond donors (Lipinski definition) is 5. The van der Waals surface area contributed by atoms with Crippen LogP contribution in [-0.4, -0.2) is 47.0 Å². The van der Waals surface area contributed by atoms with E-state index in [4.69, 9.17) is 0 Å². The summed E-state index contributed by atoms with van der Waals surface area (Å²) in [5.74, 6) is -1.74. The minimum Gasteiger partial charge on any atom is -0.390 e. The zero-order valence-corrected chi connectivity index (χ0v) is 20.2. The van der Waals surface area contributed by atoms with E-state index in [0.717, 1.165) is 41.4 Å². The lowest BCUT2D eigenvalue weighted by Crippen LogP contribution is -2.49. The number of hydrogen-bond acceptors (Lipinski definition) is 5. The lowest BCUT2D eigenvalue weighted by atomic mass is 9.89. The predicted octanol–water partition coefficient (Wildman–Crippen LogP) is 3.14. The van der Waals surface area contributed by atoms with Crippen LogP contribution in [0.2, 0.25) is 0 Å². The summed E-state index contributed by atoms with van der Waals surface area (Å²) in [6, 6.07) is 6.61. The number of rotatable bonds is 9. The largest absolute Gasteiger partial charge is 0.390 e. The third-order valence-electron chi connectivity index (χ3n) is 5.98. The molecular formula is C26H35F2N3O3. The second-order valence-corrected chi connectivity index (χ2v) is 9.90. The van der Waals surface area contributed by atoms with Crippen LogP contribution in [0.1, 0.15) is 55.5 Å². The number of carbonyl (C=O) groups excluding carboxylic acids is 1. The van der Waals surface area contributed by atoms with E-state index >= 15 is 0 Å². The molecule has 0 bridgehead atoms. The molecule has 3 atom stereocenters. The number of aliphatic hydroxyl groups excluding tert-OH is 1. The maximum absolute atomic E-state index is 13.6. The molecule has 34 heavy (non-hydrogen) atoms. The van der Waals surface area contributed by atoms with Gasteiger partial charge in [0, 0.05) is 44.2 Å². The van der Waals surface area contributed by atoms with Gasteiger partial charge in [-0.3, -0.25) is 4.79 Å². The van der Waals surface area contributed by atoms with Crippen molar-refractivity contribution in [1.29, 1.82) is 0 Å². The molecule has 1 heterocycles. The highest BCUT2D eigenvalue weighted by Crippen LogP contribution is 2.34. The van der Waals surface area contributed by atoms with Gasteiger partial charge in [0.2, 0.25) is 5.91 Å². The highest BCUT2D eigenvalue weighted by Gasteiger charge is 2.26. The smallest absolute Gasteiger partial charge is 0.217 e. The average Bonchev–Trinajstić information content (AvgIpc) is 2.69. The highest BCUT2D eigenvalue weighted by atomic mass is 19.1. The maximum Gasteiger partial charge on any atom is 0.217 e. The molecule has 1 amide bonds. The monoisotopic (exact) mass is 475 g/mol. The topological polar surface area (TPSA) is 93.6 Å². The molecule has 3 rings (SSSR count). The van der Waals surface area contributed by atoms with Gasteiger partial charge in [-0.15, -0.1) is 0 Å². The van der Waals surface area contributed by atoms with Gasteiger partial charge in [0.25, 0.3) is 0 Å². The van der Waals surface area contributed by atoms with Gasteiger partial charge in [-0.1, -0.05) is 12.1 Å². The Balaban J connectivity index is 1.74. The van der Waals surface area contributed by atoms with Crippen LogP contribution >= 0.6 is 0 Å². The number of benzene rings is 2. The van der Waals surface area contributed by atoms with Crippen molar-refractivity contribution in [2.75, 3.05) is 18.4 Å². The quantitative estimate of drug-likeness (QED) is 0.384. The first-order valence-electron chi connectivity index (χ1n) is 11.6. The number of fused-ring (bicyclic) bond motifs is 1. The minimum atomic E-state index is -0.978. The van der Waals surface area contributed by atoms with E-state index in [1.165, 1.54) is 19.1 Å². The van der Waals surface area contributed by atoms with Gasteiger partial charge in [0.15, 0.2) is 0 Å². The molecular weight excluding hydrogens is 440 g/mol. The molecule has 2 aromatic rings. The fourth-order valence-electron chi connectivity index (χ4n) is 4.65. The number of aliphatic hydroxyl groups is 2. The SMILES string of the molecule is CC(=O)NC(Cc1cc(F)cc(F)c1)C(O)CNC1CCNc2c(C)cc(CC(C)(C)O)cc21. The minimum absolute atomic E-state index is 0.0315. The Morgan fingerprint density at radius 2 is 1.85 bits per heavy atom. The fraction of sp³-hybridized carbons (Fsp3) is 0.500. The summed E-state index contributed by atoms with van der Waals surface area (Å²) in [6.45, 7) is 7.88. The van der Waals surface area contributed by atoms with E-state index in [0.29, 0.717) is 12.0 Å². The maximum atomic E-state index is 13.6. The van der Waals surface area contributed by atoms with Gasteiger partial charge in [-0.25, -0.2) is 8.78 Å². The number of halogens is 2. The van der Waals surface area contributed by atoms with Crippen LogP contribution in [-0.2, 0) is 17.6 Å². The van der Waals surface area contributed by atoms with Crippen LogP contribution in [0, 0.1) is 18.6 Å². The molecule has 0 radical (unpaired) electrons. The van der Waals surface area contributed by atoms with E-state index in [9.17, 15) is 23.8 Å². The van der Waals surface area contributed by atoms with Gasteiger partial charge >= 0.3 is 0 Å². The van der Waals surface area contributed by atoms with Crippen LogP contribution in [0.25, 0.3) is 0 Å². The lowest BCUT2D eigenvalue weighted by molar-refractivity contribution is -0.120. The summed E-state index contributed by atoms with van der Waals surface area (Å²) in [6.07, 6.45) is 0.430. The standard InChI is InChI=1S/C26H35F2N3O3/c1-15-7-18(13-26(3,4)34)10-21-22(5-6-29-25(15)21)30-14-24(33)23(31-16(2)32)11-17-8-19(27)12-20(28)9-17/h7-10,12,22-24,29-30,33-34H,5-6,11,13-14H2,1-4H3,(H,31,32). The van der Waals surface area contributed by atoms with E-state index in [2.05, 4.69) is 28.1 Å². The number of carbonyl (C=O) groups is 1. The summed E-state index contributed by atoms with van der Waals surface area (Å²) in [5, 5.41) is 30.7. The average molecular weight is 476 g/mol. The molecule has 8 heteroatoms. The van der Waals surface area contributed by atoms with Crippen LogP contribution in [0.3, 0.4) is 0 Å². The molecule has 2 aromatic carbocycles. The highest BCUT2D eigenvalue weighted by molar-refractivity contribution is 5.73. The van der Waals surface area contributed by atoms with Gasteiger partial charge in [-0.05, 0) is 68.0 Å². The van der Waals surface area contributed by atoms with Crippen LogP contribution < -0.4 is 16.0 Å². The summed E-state index contributed by atoms with van der Waals surface area (Å²) in [7, 11) is 0. The summed E-state index contributed by atoms with van der Waals surface area (Å²) in [5.41, 5.74) is 3.77. The van der Waals surface area contributed by atoms with Crippen molar-refractivity contribution in [2.24, 2.45) is 0 Å². The third kappa shape index (κ3) is 7.22. The number of nitrogens with one attached hydrogen (secondary N) is 3. The normalized spacial score (nSPS) is 17.5. The second kappa shape index (κ2) is 10.8. The number of amides is 1. The Hall–Kier alpha value is -2.55. The summed E-state index contributed by atoms with van der Waals surface area (Å²) >= 11 is 0. The van der Waals surface area contributed by atoms with Gasteiger partial charge in [0.05, 0.1) is 17.7 Å². The van der Waals surface area contributed by atoms with Crippen molar-refractivity contribution in [3.63, 3.8) is 0 Å². The Kier molecular flexibility index (Phi) is 8.28. The molecule has 3 unspecified atom stereocenters. The molecule has 5 N–H and O–H groups in total. The van der Waals surface area contributed by atoms with E-state index in [-0.39, 0.29) is 24.9 Å². The first kappa shape index (κ1) is 26.1. The van der Waals surface area contributed by atoms with E-state index < -0.39 is 29.4 Å². The second-order valence-electron chi connectivity index (χ2n) is 9.90. The predicted molar refractivity (Wildman–Crippen MR) is 129 cm³/mol. The molecule has 1 aliphatic heterocycles. The molecule has 6 nitrogen and oxygen atoms in total. The third-order valence-corrected chi connectivity index (χ3v) is 5.98. The molecule has 1 aliphatic rings. The van der Waals surface area contributed by atoms with Crippen molar-refractivity contribution in [1.82, 2.24) is 10.6 Å². The van der Waals surface area contributed by atoms with Crippen molar-refractivity contribution in [3.8, 4) is 0 Å². The molecule has 0 fully saturated rings. The molecule has 0 spiro atoms. The van der Waals surface area contributed by atoms with Gasteiger partial charge in [0.1, 0.15) is 11.6 Å². The van der Waals surface area contributed by atoms with Crippen molar-refractivity contribution in [3.05, 3.63) is 64.2 Å². The van der Waals surface area contributed by atoms with Crippen LogP contribution in [0.5, 0.6) is 0 Å². The molecule has 0 saturated heterocycles. The van der Waals surface area contributed by atoms with E-state index in [1.807, 2.05) is 6.92 Å². The molecule has 186 valence electrons. The van der Waals surface area contributed by atoms with Gasteiger partial charge < -0.3 is 26.2 Å². The Labute approximate surface area is 199 Å². The summed E-state index contributed by atoms with van der Waals surface area (Å²) in [4.78, 5) is 11.7. The summed E-state index contributed by atoms with van der Waals surface area (Å²) < 4.78 is 27.2. The Morgan fingerprint density at radius 1 is 1.18 bits per heavy atom. The first-order chi connectivity index (χ1) is 15.9. The van der Waals surface area contributed by atoms with Crippen molar-refractivity contribution >= 4 is 11.6 Å². The molecule has 0 saturated carbocycles. The Morgan fingerprint density at radius 3 is 2.47 bits per heavy atom. The zero-order chi connectivity index (χ0) is 25.0.